The summed E-state index contributed by atoms with van der Waals surface area (Å²) in [5.41, 5.74) is 37.2. The van der Waals surface area contributed by atoms with E-state index in [-0.39, 0.29) is 30.2 Å². The number of benzene rings is 12. The predicted octanol–water partition coefficient (Wildman–Crippen LogP) is 33.4. The maximum Gasteiger partial charge on any atom is 0.0964 e. The SMILES string of the molecule is CC(c1ccc(Cl)c(Cl)c1)n1cnc2cc3c(cc21)CC(C)(C)C3.CC(c1ccc(Cl)c(Cl)c1)n1cnc2cc3c(cc21)CCC3.CC(c1ccc(Cl)c(Cl)c1)n1cnc2cc3c(cc21)CCC3.CC(c1ccc(Cl)c(Cl)c1)n1cnc2cc3c(cc21)CCCC3.Cc1cc2ncn(C(C)c3ccc(Cl)c(Cl)c3)c2cc1C.Cc1cc2ncn(Cc3ccc(Cl)c(Cl)c3)c2cc1C. The summed E-state index contributed by atoms with van der Waals surface area (Å²) in [4.78, 5) is 27.4. The lowest BCUT2D eigenvalue weighted by atomic mass is 9.90. The molecule has 0 saturated heterocycles. The molecule has 24 heteroatoms. The lowest BCUT2D eigenvalue weighted by molar-refractivity contribution is 0.392. The van der Waals surface area contributed by atoms with Crippen LogP contribution in [0.3, 0.4) is 0 Å². The number of fused-ring (bicyclic) bond motifs is 10. The standard InChI is InChI=1S/C20H20Cl2N2.C19H18Cl2N2.2C18H16Cl2N2.C17H16Cl2N2.C16H14Cl2N2/c1-12(13-4-5-16(21)17(22)6-13)24-11-23-18-7-14-9-20(2,3)10-15(14)8-19(18)24;1-12(13-6-7-16(20)17(21)8-13)23-11-22-18-9-14-4-2-3-5-15(14)10-19(18)23;2*1-11(12-5-6-15(19)16(20)7-12)22-10-21-17-8-13-3-2-4-14(13)9-18(17)22;1-10-6-16-17(7-11(10)2)21(9-20-16)12(3)13-4-5-14(18)15(19)8-13;1-10-5-15-16(6-11(10)2)20(9-19-15)8-12-3-4-13(17)14(18)7-12/h4-8,11-12H,9-10H2,1-3H3;6-12H,2-5H2,1H3;2*5-11H,2-4H2,1H3;4-9,12H,1-3H3;3-7,9H,8H2,1-2H3. The van der Waals surface area contributed by atoms with Crippen molar-refractivity contribution < 1.29 is 0 Å². The molecule has 22 rings (SSSR count). The van der Waals surface area contributed by atoms with Gasteiger partial charge in [0.1, 0.15) is 0 Å². The highest BCUT2D eigenvalue weighted by molar-refractivity contribution is 6.44. The largest absolute Gasteiger partial charge is 0.326 e. The van der Waals surface area contributed by atoms with Gasteiger partial charge in [0, 0.05) is 6.54 Å². The molecule has 12 aromatic carbocycles. The van der Waals surface area contributed by atoms with E-state index in [1.807, 2.05) is 147 Å². The Kier molecular flexibility index (Phi) is 28.8. The van der Waals surface area contributed by atoms with Gasteiger partial charge in [0.15, 0.2) is 0 Å². The van der Waals surface area contributed by atoms with Crippen molar-refractivity contribution in [2.45, 2.75) is 190 Å². The summed E-state index contributed by atoms with van der Waals surface area (Å²) in [6, 6.07) is 62.4. The monoisotopic (exact) mass is 1980 g/mol. The van der Waals surface area contributed by atoms with Gasteiger partial charge in [-0.2, -0.15) is 0 Å². The van der Waals surface area contributed by atoms with Gasteiger partial charge in [-0.15, -0.1) is 0 Å². The second-order valence-electron chi connectivity index (χ2n) is 36.3. The van der Waals surface area contributed by atoms with E-state index in [0.717, 1.165) is 96.9 Å². The average molecular weight is 1990 g/mol. The molecule has 0 saturated carbocycles. The van der Waals surface area contributed by atoms with Crippen LogP contribution in [-0.4, -0.2) is 57.3 Å². The Morgan fingerprint density at radius 2 is 0.485 bits per heavy atom. The molecule has 132 heavy (non-hydrogen) atoms. The minimum Gasteiger partial charge on any atom is -0.326 e. The molecule has 4 aliphatic rings. The van der Waals surface area contributed by atoms with E-state index < -0.39 is 0 Å². The predicted molar refractivity (Wildman–Crippen MR) is 556 cm³/mol. The fourth-order valence-corrected chi connectivity index (χ4v) is 20.6. The highest BCUT2D eigenvalue weighted by atomic mass is 35.5. The number of rotatable bonds is 12. The Hall–Kier alpha value is -9.06. The molecule has 18 aromatic rings. The minimum atomic E-state index is 0.145. The van der Waals surface area contributed by atoms with Gasteiger partial charge in [-0.05, 0) is 391 Å². The fraction of sp³-hybridized carbons (Fsp3) is 0.278. The van der Waals surface area contributed by atoms with Crippen LogP contribution >= 0.6 is 139 Å². The van der Waals surface area contributed by atoms with Crippen molar-refractivity contribution in [3.05, 3.63) is 380 Å². The number of halogens is 12. The van der Waals surface area contributed by atoms with Crippen LogP contribution in [0.4, 0.5) is 0 Å². The molecule has 0 spiro atoms. The van der Waals surface area contributed by atoms with Gasteiger partial charge in [-0.3, -0.25) is 0 Å². The van der Waals surface area contributed by atoms with Gasteiger partial charge < -0.3 is 27.4 Å². The Balaban J connectivity index is 0.000000111. The van der Waals surface area contributed by atoms with E-state index in [2.05, 4.69) is 206 Å². The number of nitrogens with zero attached hydrogens (tertiary/aromatic N) is 12. The van der Waals surface area contributed by atoms with Crippen LogP contribution < -0.4 is 0 Å². The molecule has 4 aliphatic carbocycles. The molecule has 0 N–H and O–H groups in total. The third-order valence-corrected chi connectivity index (χ3v) is 31.3. The summed E-state index contributed by atoms with van der Waals surface area (Å²) >= 11 is 72.9. The Morgan fingerprint density at radius 3 is 0.803 bits per heavy atom. The normalized spacial score (nSPS) is 14.7. The van der Waals surface area contributed by atoms with Crippen LogP contribution in [0.5, 0.6) is 0 Å². The average Bonchev–Trinajstić information content (AvgIpc) is 1.63. The van der Waals surface area contributed by atoms with Crippen molar-refractivity contribution in [1.82, 2.24) is 57.3 Å². The van der Waals surface area contributed by atoms with Crippen LogP contribution in [0.2, 0.25) is 60.3 Å². The molecule has 0 bridgehead atoms. The van der Waals surface area contributed by atoms with E-state index in [9.17, 15) is 0 Å². The number of hydrogen-bond donors (Lipinski definition) is 0. The zero-order valence-corrected chi connectivity index (χ0v) is 84.3. The van der Waals surface area contributed by atoms with E-state index >= 15 is 0 Å². The highest BCUT2D eigenvalue weighted by Crippen LogP contribution is 2.42. The summed E-state index contributed by atoms with van der Waals surface area (Å²) in [6.07, 6.45) is 25.9. The van der Waals surface area contributed by atoms with Crippen LogP contribution in [0, 0.1) is 33.1 Å². The van der Waals surface area contributed by atoms with E-state index in [1.54, 1.807) is 0 Å². The lowest BCUT2D eigenvalue weighted by Gasteiger charge is -2.18. The smallest absolute Gasteiger partial charge is 0.0964 e. The number of hydrogen-bond acceptors (Lipinski definition) is 6. The summed E-state index contributed by atoms with van der Waals surface area (Å²) in [7, 11) is 0. The van der Waals surface area contributed by atoms with Crippen LogP contribution in [0.15, 0.2) is 220 Å². The fourth-order valence-electron chi connectivity index (χ4n) is 18.8. The van der Waals surface area contributed by atoms with Crippen molar-refractivity contribution in [2.75, 3.05) is 0 Å². The maximum absolute atomic E-state index is 6.19. The summed E-state index contributed by atoms with van der Waals surface area (Å²) < 4.78 is 13.2. The molecule has 6 heterocycles. The summed E-state index contributed by atoms with van der Waals surface area (Å²) in [6.45, 7) is 24.6. The molecule has 5 atom stereocenters. The van der Waals surface area contributed by atoms with Crippen molar-refractivity contribution in [3.8, 4) is 0 Å². The molecule has 0 amide bonds. The molecular formula is C108H100Cl12N12. The Morgan fingerprint density at radius 1 is 0.250 bits per heavy atom. The molecule has 0 aliphatic heterocycles. The van der Waals surface area contributed by atoms with Crippen molar-refractivity contribution >= 4 is 205 Å². The number of aryl methyl sites for hydroxylation is 10. The second-order valence-corrected chi connectivity index (χ2v) is 41.2. The molecule has 0 radical (unpaired) electrons. The van der Waals surface area contributed by atoms with Crippen molar-refractivity contribution in [2.24, 2.45) is 5.41 Å². The van der Waals surface area contributed by atoms with Gasteiger partial charge in [-0.25, -0.2) is 29.9 Å². The zero-order valence-electron chi connectivity index (χ0n) is 75.3. The van der Waals surface area contributed by atoms with Gasteiger partial charge in [0.25, 0.3) is 0 Å². The number of imidazole rings is 6. The Bertz CT molecular complexity index is 7270. The summed E-state index contributed by atoms with van der Waals surface area (Å²) in [5.74, 6) is 0. The quantitative estimate of drug-likeness (QED) is 0.121. The minimum absolute atomic E-state index is 0.145. The molecule has 5 unspecified atom stereocenters. The Labute approximate surface area is 831 Å². The molecule has 676 valence electrons. The molecule has 12 nitrogen and oxygen atoms in total. The van der Waals surface area contributed by atoms with Gasteiger partial charge >= 0.3 is 0 Å². The first kappa shape index (κ1) is 94.7. The number of aromatic nitrogens is 12. The lowest BCUT2D eigenvalue weighted by Crippen LogP contribution is -2.09. The van der Waals surface area contributed by atoms with Gasteiger partial charge in [0.2, 0.25) is 0 Å². The van der Waals surface area contributed by atoms with Crippen LogP contribution in [-0.2, 0) is 57.9 Å². The van der Waals surface area contributed by atoms with Crippen molar-refractivity contribution in [3.63, 3.8) is 0 Å². The van der Waals surface area contributed by atoms with Gasteiger partial charge in [-0.1, -0.05) is 189 Å². The van der Waals surface area contributed by atoms with E-state index in [4.69, 9.17) is 139 Å². The van der Waals surface area contributed by atoms with Crippen LogP contribution in [0.1, 0.15) is 205 Å². The van der Waals surface area contributed by atoms with E-state index in [0.29, 0.717) is 65.7 Å². The third-order valence-electron chi connectivity index (χ3n) is 26.8. The first-order valence-corrected chi connectivity index (χ1v) is 49.3. The van der Waals surface area contributed by atoms with E-state index in [1.165, 1.54) is 153 Å². The van der Waals surface area contributed by atoms with Gasteiger partial charge in [0.05, 0.1) is 195 Å². The molecule has 6 aromatic heterocycles. The van der Waals surface area contributed by atoms with Crippen molar-refractivity contribution in [1.29, 1.82) is 0 Å². The second kappa shape index (κ2) is 40.1. The zero-order chi connectivity index (χ0) is 93.0. The van der Waals surface area contributed by atoms with Crippen LogP contribution in [0.25, 0.3) is 66.2 Å². The summed E-state index contributed by atoms with van der Waals surface area (Å²) in [5, 5.41) is 7.05. The first-order valence-electron chi connectivity index (χ1n) is 44.7. The topological polar surface area (TPSA) is 107 Å². The third kappa shape index (κ3) is 20.4. The molecule has 0 fully saturated rings. The maximum atomic E-state index is 6.19. The molecular weight excluding hydrogens is 1890 g/mol. The first-order chi connectivity index (χ1) is 63.2. The highest BCUT2D eigenvalue weighted by Gasteiger charge is 2.31.